The lowest BCUT2D eigenvalue weighted by molar-refractivity contribution is 0.249. The van der Waals surface area contributed by atoms with Crippen molar-refractivity contribution in [3.63, 3.8) is 0 Å². The van der Waals surface area contributed by atoms with Gasteiger partial charge in [-0.1, -0.05) is 0 Å². The summed E-state index contributed by atoms with van der Waals surface area (Å²) in [6.45, 7) is 8.52. The molecule has 2 aliphatic rings. The van der Waals surface area contributed by atoms with Gasteiger partial charge in [-0.25, -0.2) is 4.98 Å². The maximum Gasteiger partial charge on any atom is 0.185 e. The van der Waals surface area contributed by atoms with Gasteiger partial charge in [0.25, 0.3) is 0 Å². The largest absolute Gasteiger partial charge is 0.348 e. The minimum Gasteiger partial charge on any atom is -0.348 e. The predicted molar refractivity (Wildman–Crippen MR) is 90.2 cm³/mol. The van der Waals surface area contributed by atoms with Gasteiger partial charge in [0.2, 0.25) is 0 Å². The van der Waals surface area contributed by atoms with Crippen LogP contribution in [0.2, 0.25) is 0 Å². The number of hydrogen-bond donors (Lipinski definition) is 1. The number of thiazole rings is 1. The Hall–Kier alpha value is -0.650. The second-order valence-corrected chi connectivity index (χ2v) is 7.34. The Labute approximate surface area is 132 Å². The van der Waals surface area contributed by atoms with E-state index < -0.39 is 0 Å². The second kappa shape index (κ2) is 7.07. The lowest BCUT2D eigenvalue weighted by Gasteiger charge is -2.33. The Balaban J connectivity index is 1.49. The third kappa shape index (κ3) is 3.76. The minimum absolute atomic E-state index is 0.350. The number of hydrogen-bond acceptors (Lipinski definition) is 5. The molecular weight excluding hydrogens is 280 g/mol. The lowest BCUT2D eigenvalue weighted by Crippen LogP contribution is -2.38. The lowest BCUT2D eigenvalue weighted by atomic mass is 9.96. The van der Waals surface area contributed by atoms with Gasteiger partial charge in [0.15, 0.2) is 5.13 Å². The smallest absolute Gasteiger partial charge is 0.185 e. The van der Waals surface area contributed by atoms with Crippen LogP contribution in [0.3, 0.4) is 0 Å². The van der Waals surface area contributed by atoms with Crippen LogP contribution < -0.4 is 10.2 Å². The third-order valence-corrected chi connectivity index (χ3v) is 5.91. The van der Waals surface area contributed by atoms with Crippen LogP contribution in [0.5, 0.6) is 0 Å². The molecule has 1 unspecified atom stereocenters. The molecule has 2 aliphatic heterocycles. The maximum atomic E-state index is 4.80. The van der Waals surface area contributed by atoms with Crippen LogP contribution in [0.25, 0.3) is 0 Å². The molecule has 0 spiro atoms. The molecule has 0 aromatic carbocycles. The van der Waals surface area contributed by atoms with Crippen LogP contribution in [0.15, 0.2) is 5.38 Å². The van der Waals surface area contributed by atoms with E-state index >= 15 is 0 Å². The highest BCUT2D eigenvalue weighted by Gasteiger charge is 2.24. The standard InChI is InChI=1S/C16H28N4S/c1-13(17-2)15-12-21-16(18-15)20-9-5-14(6-10-20)11-19-7-3-4-8-19/h12-14,17H,3-11H2,1-2H3. The molecule has 0 aliphatic carbocycles. The zero-order valence-electron chi connectivity index (χ0n) is 13.3. The molecule has 1 N–H and O–H groups in total. The van der Waals surface area contributed by atoms with Crippen molar-refractivity contribution in [3.05, 3.63) is 11.1 Å². The molecular formula is C16H28N4S. The molecule has 3 heterocycles. The summed E-state index contributed by atoms with van der Waals surface area (Å²) in [5, 5.41) is 6.68. The molecule has 118 valence electrons. The molecule has 1 aromatic rings. The fraction of sp³-hybridized carbons (Fsp3) is 0.812. The summed E-state index contributed by atoms with van der Waals surface area (Å²) < 4.78 is 0. The topological polar surface area (TPSA) is 31.4 Å². The number of aromatic nitrogens is 1. The first-order valence-corrected chi connectivity index (χ1v) is 9.24. The summed E-state index contributed by atoms with van der Waals surface area (Å²) in [4.78, 5) is 9.95. The minimum atomic E-state index is 0.350. The van der Waals surface area contributed by atoms with E-state index in [9.17, 15) is 0 Å². The van der Waals surface area contributed by atoms with E-state index in [1.54, 1.807) is 11.3 Å². The molecule has 0 radical (unpaired) electrons. The zero-order valence-corrected chi connectivity index (χ0v) is 14.2. The van der Waals surface area contributed by atoms with E-state index in [1.807, 2.05) is 7.05 Å². The number of nitrogens with zero attached hydrogens (tertiary/aromatic N) is 3. The van der Waals surface area contributed by atoms with Gasteiger partial charge in [-0.05, 0) is 58.7 Å². The average molecular weight is 308 g/mol. The van der Waals surface area contributed by atoms with Crippen LogP contribution in [0, 0.1) is 5.92 Å². The molecule has 21 heavy (non-hydrogen) atoms. The van der Waals surface area contributed by atoms with E-state index in [4.69, 9.17) is 4.98 Å². The van der Waals surface area contributed by atoms with Crippen LogP contribution in [0.4, 0.5) is 5.13 Å². The van der Waals surface area contributed by atoms with Crippen molar-refractivity contribution in [3.8, 4) is 0 Å². The Morgan fingerprint density at radius 2 is 2.00 bits per heavy atom. The SMILES string of the molecule is CNC(C)c1csc(N2CCC(CN3CCCC3)CC2)n1. The van der Waals surface area contributed by atoms with Gasteiger partial charge in [0, 0.05) is 31.1 Å². The van der Waals surface area contributed by atoms with Crippen LogP contribution >= 0.6 is 11.3 Å². The number of nitrogens with one attached hydrogen (secondary N) is 1. The van der Waals surface area contributed by atoms with Gasteiger partial charge in [-0.2, -0.15) is 0 Å². The van der Waals surface area contributed by atoms with E-state index in [0.29, 0.717) is 6.04 Å². The first-order valence-electron chi connectivity index (χ1n) is 8.36. The quantitative estimate of drug-likeness (QED) is 0.906. The molecule has 1 atom stereocenters. The van der Waals surface area contributed by atoms with Crippen LogP contribution in [0.1, 0.15) is 44.3 Å². The van der Waals surface area contributed by atoms with Gasteiger partial charge in [0.1, 0.15) is 0 Å². The Bertz CT molecular complexity index is 433. The summed E-state index contributed by atoms with van der Waals surface area (Å²) in [5.74, 6) is 0.898. The average Bonchev–Trinajstić information content (AvgIpc) is 3.18. The molecule has 1 aromatic heterocycles. The first-order chi connectivity index (χ1) is 10.3. The van der Waals surface area contributed by atoms with Crippen molar-refractivity contribution in [1.82, 2.24) is 15.2 Å². The van der Waals surface area contributed by atoms with Crippen LogP contribution in [-0.2, 0) is 0 Å². The van der Waals surface area contributed by atoms with Gasteiger partial charge in [-0.15, -0.1) is 11.3 Å². The highest BCUT2D eigenvalue weighted by Crippen LogP contribution is 2.28. The number of likely N-dealkylation sites (tertiary alicyclic amines) is 1. The van der Waals surface area contributed by atoms with E-state index in [0.717, 1.165) is 5.92 Å². The summed E-state index contributed by atoms with van der Waals surface area (Å²) >= 11 is 1.80. The Morgan fingerprint density at radius 3 is 2.67 bits per heavy atom. The number of anilines is 1. The summed E-state index contributed by atoms with van der Waals surface area (Å²) in [6, 6.07) is 0.350. The highest BCUT2D eigenvalue weighted by atomic mass is 32.1. The number of piperidine rings is 1. The van der Waals surface area contributed by atoms with Crippen molar-refractivity contribution >= 4 is 16.5 Å². The fourth-order valence-corrected chi connectivity index (χ4v) is 4.38. The molecule has 0 bridgehead atoms. The first kappa shape index (κ1) is 15.3. The van der Waals surface area contributed by atoms with E-state index in [-0.39, 0.29) is 0 Å². The second-order valence-electron chi connectivity index (χ2n) is 6.50. The molecule has 0 amide bonds. The van der Waals surface area contributed by atoms with Crippen molar-refractivity contribution in [1.29, 1.82) is 0 Å². The van der Waals surface area contributed by atoms with Crippen molar-refractivity contribution in [2.24, 2.45) is 5.92 Å². The molecule has 3 rings (SSSR count). The van der Waals surface area contributed by atoms with Gasteiger partial charge in [0.05, 0.1) is 5.69 Å². The molecule has 2 saturated heterocycles. The third-order valence-electron chi connectivity index (χ3n) is 4.99. The highest BCUT2D eigenvalue weighted by molar-refractivity contribution is 7.13. The van der Waals surface area contributed by atoms with Crippen molar-refractivity contribution in [2.75, 3.05) is 44.7 Å². The van der Waals surface area contributed by atoms with Gasteiger partial charge >= 0.3 is 0 Å². The van der Waals surface area contributed by atoms with Crippen molar-refractivity contribution in [2.45, 2.75) is 38.6 Å². The maximum absolute atomic E-state index is 4.80. The predicted octanol–water partition coefficient (Wildman–Crippen LogP) is 2.74. The molecule has 5 heteroatoms. The number of rotatable bonds is 5. The fourth-order valence-electron chi connectivity index (χ4n) is 3.41. The molecule has 0 saturated carbocycles. The zero-order chi connectivity index (χ0) is 14.7. The summed E-state index contributed by atoms with van der Waals surface area (Å²) in [7, 11) is 1.99. The van der Waals surface area contributed by atoms with Gasteiger partial charge < -0.3 is 15.1 Å². The summed E-state index contributed by atoms with van der Waals surface area (Å²) in [5.41, 5.74) is 1.18. The monoisotopic (exact) mass is 308 g/mol. The van der Waals surface area contributed by atoms with Crippen molar-refractivity contribution < 1.29 is 0 Å². The summed E-state index contributed by atoms with van der Waals surface area (Å²) in [6.07, 6.45) is 5.47. The van der Waals surface area contributed by atoms with Crippen LogP contribution in [-0.4, -0.2) is 49.7 Å². The Kier molecular flexibility index (Phi) is 5.14. The van der Waals surface area contributed by atoms with Gasteiger partial charge in [-0.3, -0.25) is 0 Å². The van der Waals surface area contributed by atoms with E-state index in [1.165, 1.54) is 69.2 Å². The normalized spacial score (nSPS) is 22.9. The molecule has 4 nitrogen and oxygen atoms in total. The molecule has 2 fully saturated rings. The Morgan fingerprint density at radius 1 is 1.29 bits per heavy atom. The van der Waals surface area contributed by atoms with E-state index in [2.05, 4.69) is 27.4 Å².